The number of hydrogen-bond donors (Lipinski definition) is 1. The molecular formula is C18H28O3. The Morgan fingerprint density at radius 1 is 1.00 bits per heavy atom. The number of carbonyl (C=O) groups is 2. The number of ketones is 1. The number of aliphatic carboxylic acids is 1. The van der Waals surface area contributed by atoms with Gasteiger partial charge < -0.3 is 5.11 Å². The first-order valence-corrected chi connectivity index (χ1v) is 7.77. The van der Waals surface area contributed by atoms with Crippen molar-refractivity contribution >= 4 is 11.8 Å². The molecule has 0 heterocycles. The lowest BCUT2D eigenvalue weighted by molar-refractivity contribution is -0.137. The largest absolute Gasteiger partial charge is 0.481 e. The second kappa shape index (κ2) is 12.1. The Labute approximate surface area is 128 Å². The molecule has 0 aliphatic heterocycles. The molecule has 118 valence electrons. The van der Waals surface area contributed by atoms with E-state index < -0.39 is 5.97 Å². The molecular weight excluding hydrogens is 264 g/mol. The van der Waals surface area contributed by atoms with Crippen molar-refractivity contribution in [3.63, 3.8) is 0 Å². The average Bonchev–Trinajstić information content (AvgIpc) is 2.43. The van der Waals surface area contributed by atoms with Gasteiger partial charge in [0.05, 0.1) is 0 Å². The molecule has 0 spiro atoms. The number of carboxylic acids is 1. The fraction of sp³-hybridized carbons (Fsp3) is 0.556. The van der Waals surface area contributed by atoms with Gasteiger partial charge in [-0.25, -0.2) is 0 Å². The van der Waals surface area contributed by atoms with Gasteiger partial charge in [0, 0.05) is 12.0 Å². The fourth-order valence-electron chi connectivity index (χ4n) is 2.02. The molecule has 0 aliphatic rings. The summed E-state index contributed by atoms with van der Waals surface area (Å²) in [4.78, 5) is 21.0. The van der Waals surface area contributed by atoms with E-state index in [4.69, 9.17) is 5.11 Å². The maximum Gasteiger partial charge on any atom is 0.303 e. The Bertz CT molecular complexity index is 424. The summed E-state index contributed by atoms with van der Waals surface area (Å²) < 4.78 is 0. The summed E-state index contributed by atoms with van der Waals surface area (Å²) in [6.07, 6.45) is 7.25. The zero-order valence-electron chi connectivity index (χ0n) is 13.5. The molecule has 1 N–H and O–H groups in total. The number of benzene rings is 1. The van der Waals surface area contributed by atoms with E-state index in [0.29, 0.717) is 6.42 Å². The van der Waals surface area contributed by atoms with Crippen molar-refractivity contribution in [2.75, 3.05) is 0 Å². The summed E-state index contributed by atoms with van der Waals surface area (Å²) in [5.74, 6) is -0.529. The van der Waals surface area contributed by atoms with Crippen LogP contribution >= 0.6 is 0 Å². The van der Waals surface area contributed by atoms with Crippen LogP contribution < -0.4 is 0 Å². The van der Waals surface area contributed by atoms with Gasteiger partial charge in [0.25, 0.3) is 0 Å². The van der Waals surface area contributed by atoms with E-state index in [9.17, 15) is 9.59 Å². The van der Waals surface area contributed by atoms with Crippen LogP contribution in [0.1, 0.15) is 74.7 Å². The van der Waals surface area contributed by atoms with Crippen molar-refractivity contribution in [1.29, 1.82) is 0 Å². The van der Waals surface area contributed by atoms with Crippen LogP contribution in [0.2, 0.25) is 0 Å². The van der Waals surface area contributed by atoms with Crippen molar-refractivity contribution in [3.05, 3.63) is 35.4 Å². The summed E-state index contributed by atoms with van der Waals surface area (Å²) in [5.41, 5.74) is 1.87. The molecule has 0 saturated heterocycles. The van der Waals surface area contributed by atoms with Crippen LogP contribution in [0.3, 0.4) is 0 Å². The number of carboxylic acid groups (broad SMARTS) is 1. The van der Waals surface area contributed by atoms with Gasteiger partial charge >= 0.3 is 5.97 Å². The molecule has 0 fully saturated rings. The van der Waals surface area contributed by atoms with Crippen molar-refractivity contribution < 1.29 is 14.7 Å². The van der Waals surface area contributed by atoms with Gasteiger partial charge in [0.2, 0.25) is 0 Å². The number of carbonyl (C=O) groups excluding carboxylic acids is 1. The molecule has 0 atom stereocenters. The first kappa shape index (κ1) is 19.4. The molecule has 1 aromatic carbocycles. The number of rotatable bonds is 8. The minimum atomic E-state index is -0.666. The van der Waals surface area contributed by atoms with Crippen molar-refractivity contribution in [2.45, 2.75) is 65.7 Å². The monoisotopic (exact) mass is 292 g/mol. The Kier molecular flexibility index (Phi) is 11.2. The summed E-state index contributed by atoms with van der Waals surface area (Å²) in [5, 5.41) is 8.32. The van der Waals surface area contributed by atoms with Crippen molar-refractivity contribution in [1.82, 2.24) is 0 Å². The lowest BCUT2D eigenvalue weighted by Gasteiger charge is -1.97. The Balaban J connectivity index is 0.000000382. The molecule has 0 bridgehead atoms. The van der Waals surface area contributed by atoms with E-state index >= 15 is 0 Å². The average molecular weight is 292 g/mol. The van der Waals surface area contributed by atoms with Gasteiger partial charge in [-0.1, -0.05) is 63.3 Å². The number of Topliss-reactive ketones (excluding diaryl/α,β-unsaturated/α-hetero) is 1. The highest BCUT2D eigenvalue weighted by atomic mass is 16.4. The molecule has 0 saturated carbocycles. The molecule has 0 aromatic heterocycles. The van der Waals surface area contributed by atoms with Gasteiger partial charge in [0.15, 0.2) is 5.78 Å². The van der Waals surface area contributed by atoms with Crippen molar-refractivity contribution in [2.24, 2.45) is 0 Å². The van der Waals surface area contributed by atoms with Crippen molar-refractivity contribution in [3.8, 4) is 0 Å². The molecule has 0 amide bonds. The second-order valence-corrected chi connectivity index (χ2v) is 5.28. The zero-order valence-corrected chi connectivity index (χ0v) is 13.5. The van der Waals surface area contributed by atoms with Crippen LogP contribution in [-0.2, 0) is 4.79 Å². The summed E-state index contributed by atoms with van der Waals surface area (Å²) in [6, 6.07) is 7.60. The van der Waals surface area contributed by atoms with Gasteiger partial charge in [0.1, 0.15) is 0 Å². The summed E-state index contributed by atoms with van der Waals surface area (Å²) >= 11 is 0. The normalized spacial score (nSPS) is 9.67. The number of unbranched alkanes of at least 4 members (excludes halogenated alkanes) is 5. The minimum absolute atomic E-state index is 0.137. The summed E-state index contributed by atoms with van der Waals surface area (Å²) in [7, 11) is 0. The van der Waals surface area contributed by atoms with Gasteiger partial charge in [-0.05, 0) is 25.8 Å². The van der Waals surface area contributed by atoms with E-state index in [1.54, 1.807) is 6.92 Å². The van der Waals surface area contributed by atoms with E-state index in [1.807, 2.05) is 31.2 Å². The zero-order chi connectivity index (χ0) is 16.1. The summed E-state index contributed by atoms with van der Waals surface area (Å²) in [6.45, 7) is 5.70. The predicted octanol–water partition coefficient (Wildman–Crippen LogP) is 5.02. The lowest BCUT2D eigenvalue weighted by Crippen LogP contribution is -1.93. The van der Waals surface area contributed by atoms with Crippen LogP contribution in [0.4, 0.5) is 0 Å². The van der Waals surface area contributed by atoms with Crippen LogP contribution in [-0.4, -0.2) is 16.9 Å². The topological polar surface area (TPSA) is 54.4 Å². The molecule has 3 heteroatoms. The first-order valence-electron chi connectivity index (χ1n) is 7.77. The molecule has 21 heavy (non-hydrogen) atoms. The highest BCUT2D eigenvalue weighted by Gasteiger charge is 1.99. The second-order valence-electron chi connectivity index (χ2n) is 5.28. The van der Waals surface area contributed by atoms with Crippen LogP contribution in [0.5, 0.6) is 0 Å². The Hall–Kier alpha value is -1.64. The molecule has 0 radical (unpaired) electrons. The highest BCUT2D eigenvalue weighted by molar-refractivity contribution is 5.95. The van der Waals surface area contributed by atoms with Crippen LogP contribution in [0.25, 0.3) is 0 Å². The first-order chi connectivity index (χ1) is 9.99. The third-order valence-electron chi connectivity index (χ3n) is 3.27. The van der Waals surface area contributed by atoms with Crippen LogP contribution in [0, 0.1) is 6.92 Å². The predicted molar refractivity (Wildman–Crippen MR) is 86.8 cm³/mol. The Morgan fingerprint density at radius 3 is 2.05 bits per heavy atom. The Morgan fingerprint density at radius 2 is 1.57 bits per heavy atom. The van der Waals surface area contributed by atoms with Gasteiger partial charge in [-0.2, -0.15) is 0 Å². The highest BCUT2D eigenvalue weighted by Crippen LogP contribution is 2.07. The third kappa shape index (κ3) is 10.8. The van der Waals surface area contributed by atoms with E-state index in [1.165, 1.54) is 25.7 Å². The van der Waals surface area contributed by atoms with Gasteiger partial charge in [-0.3, -0.25) is 9.59 Å². The number of hydrogen-bond acceptors (Lipinski definition) is 2. The minimum Gasteiger partial charge on any atom is -0.481 e. The maximum atomic E-state index is 10.9. The molecule has 1 rings (SSSR count). The fourth-order valence-corrected chi connectivity index (χ4v) is 2.02. The smallest absolute Gasteiger partial charge is 0.303 e. The van der Waals surface area contributed by atoms with Gasteiger partial charge in [-0.15, -0.1) is 0 Å². The van der Waals surface area contributed by atoms with Crippen LogP contribution in [0.15, 0.2) is 24.3 Å². The third-order valence-corrected chi connectivity index (χ3v) is 3.27. The van der Waals surface area contributed by atoms with E-state index in [2.05, 4.69) is 6.92 Å². The number of aryl methyl sites for hydroxylation is 1. The lowest BCUT2D eigenvalue weighted by atomic mass is 10.1. The maximum absolute atomic E-state index is 10.9. The molecule has 1 aromatic rings. The molecule has 0 unspecified atom stereocenters. The molecule has 3 nitrogen and oxygen atoms in total. The quantitative estimate of drug-likeness (QED) is 0.540. The molecule has 0 aliphatic carbocycles. The standard InChI is InChI=1S/C9H18O2.C9H10O/c1-2-3-4-5-6-7-8-9(10)11;1-7-5-3-4-6-9(7)8(2)10/h2-8H2,1H3,(H,10,11);3-6H,1-2H3. The van der Waals surface area contributed by atoms with E-state index in [-0.39, 0.29) is 5.78 Å². The SMILES string of the molecule is CC(=O)c1ccccc1C.CCCCCCCCC(=O)O. The van der Waals surface area contributed by atoms with E-state index in [0.717, 1.165) is 24.0 Å².